The smallest absolute Gasteiger partial charge is 0.410 e. The Morgan fingerprint density at radius 1 is 1.38 bits per heavy atom. The molecule has 0 fully saturated rings. The first-order valence-electron chi connectivity index (χ1n) is 7.56. The molecule has 0 bridgehead atoms. The van der Waals surface area contributed by atoms with Crippen LogP contribution in [0.3, 0.4) is 0 Å². The Balaban J connectivity index is 2.22. The van der Waals surface area contributed by atoms with E-state index >= 15 is 0 Å². The molecule has 1 unspecified atom stereocenters. The summed E-state index contributed by atoms with van der Waals surface area (Å²) >= 11 is 3.49. The average molecular weight is 354 g/mol. The summed E-state index contributed by atoms with van der Waals surface area (Å²) in [5.74, 6) is 0. The van der Waals surface area contributed by atoms with Crippen LogP contribution in [0, 0.1) is 0 Å². The molecule has 0 spiro atoms. The lowest BCUT2D eigenvalue weighted by Gasteiger charge is -2.38. The van der Waals surface area contributed by atoms with E-state index in [4.69, 9.17) is 4.74 Å². The zero-order valence-electron chi connectivity index (χ0n) is 13.1. The van der Waals surface area contributed by atoms with Crippen molar-refractivity contribution in [1.82, 2.24) is 4.90 Å². The Bertz CT molecular complexity index is 496. The number of fused-ring (bicyclic) bond motifs is 1. The van der Waals surface area contributed by atoms with E-state index < -0.39 is 5.60 Å². The van der Waals surface area contributed by atoms with Crippen LogP contribution >= 0.6 is 15.9 Å². The molecule has 0 aliphatic carbocycles. The summed E-state index contributed by atoms with van der Waals surface area (Å²) in [5.41, 5.74) is 2.18. The number of carbonyl (C=O) groups excluding carboxylic acids is 1. The number of ether oxygens (including phenoxy) is 1. The molecule has 0 aromatic heterocycles. The van der Waals surface area contributed by atoms with E-state index in [0.29, 0.717) is 0 Å². The van der Waals surface area contributed by atoms with Crippen LogP contribution in [0.4, 0.5) is 4.79 Å². The number of carbonyl (C=O) groups is 1. The third-order valence-electron chi connectivity index (χ3n) is 3.65. The summed E-state index contributed by atoms with van der Waals surface area (Å²) in [6.07, 6.45) is 2.71. The fourth-order valence-electron chi connectivity index (χ4n) is 2.77. The molecular weight excluding hydrogens is 330 g/mol. The van der Waals surface area contributed by atoms with E-state index in [1.54, 1.807) is 0 Å². The van der Waals surface area contributed by atoms with Crippen molar-refractivity contribution in [3.63, 3.8) is 0 Å². The Morgan fingerprint density at radius 2 is 2.10 bits per heavy atom. The average Bonchev–Trinajstić information content (AvgIpc) is 2.42. The van der Waals surface area contributed by atoms with Gasteiger partial charge in [0.25, 0.3) is 0 Å². The SMILES string of the molecule is CC(C)(C)OC(=O)N1CCc2ccccc2C1CCCBr. The van der Waals surface area contributed by atoms with Crippen LogP contribution in [0.15, 0.2) is 24.3 Å². The Labute approximate surface area is 135 Å². The monoisotopic (exact) mass is 353 g/mol. The molecule has 1 aliphatic rings. The third-order valence-corrected chi connectivity index (χ3v) is 4.21. The second-order valence-corrected chi connectivity index (χ2v) is 7.26. The van der Waals surface area contributed by atoms with Crippen molar-refractivity contribution < 1.29 is 9.53 Å². The molecule has 1 heterocycles. The van der Waals surface area contributed by atoms with Crippen LogP contribution in [-0.2, 0) is 11.2 Å². The molecule has 0 saturated carbocycles. The van der Waals surface area contributed by atoms with E-state index in [9.17, 15) is 4.79 Å². The maximum Gasteiger partial charge on any atom is 0.410 e. The number of halogens is 1. The Hall–Kier alpha value is -1.03. The van der Waals surface area contributed by atoms with Gasteiger partial charge in [-0.2, -0.15) is 0 Å². The van der Waals surface area contributed by atoms with E-state index in [2.05, 4.69) is 40.2 Å². The van der Waals surface area contributed by atoms with Gasteiger partial charge < -0.3 is 9.64 Å². The molecule has 4 heteroatoms. The second-order valence-electron chi connectivity index (χ2n) is 6.47. The maximum absolute atomic E-state index is 12.5. The lowest BCUT2D eigenvalue weighted by molar-refractivity contribution is 0.0132. The van der Waals surface area contributed by atoms with E-state index in [0.717, 1.165) is 31.1 Å². The first-order chi connectivity index (χ1) is 9.92. The van der Waals surface area contributed by atoms with Gasteiger partial charge in [-0.3, -0.25) is 0 Å². The highest BCUT2D eigenvalue weighted by Gasteiger charge is 2.32. The van der Waals surface area contributed by atoms with Gasteiger partial charge in [0.05, 0.1) is 6.04 Å². The maximum atomic E-state index is 12.5. The van der Waals surface area contributed by atoms with E-state index in [1.165, 1.54) is 11.1 Å². The summed E-state index contributed by atoms with van der Waals surface area (Å²) in [7, 11) is 0. The van der Waals surface area contributed by atoms with Crippen LogP contribution in [0.25, 0.3) is 0 Å². The fraction of sp³-hybridized carbons (Fsp3) is 0.588. The normalized spacial score (nSPS) is 18.3. The molecule has 0 saturated heterocycles. The molecule has 1 aromatic rings. The molecule has 1 amide bonds. The van der Waals surface area contributed by atoms with Crippen LogP contribution in [0.2, 0.25) is 0 Å². The number of rotatable bonds is 3. The van der Waals surface area contributed by atoms with Crippen molar-refractivity contribution >= 4 is 22.0 Å². The minimum atomic E-state index is -0.450. The topological polar surface area (TPSA) is 29.5 Å². The van der Waals surface area contributed by atoms with Gasteiger partial charge in [-0.1, -0.05) is 40.2 Å². The van der Waals surface area contributed by atoms with Crippen molar-refractivity contribution in [3.05, 3.63) is 35.4 Å². The van der Waals surface area contributed by atoms with Gasteiger partial charge in [0, 0.05) is 11.9 Å². The summed E-state index contributed by atoms with van der Waals surface area (Å²) in [6, 6.07) is 8.57. The molecular formula is C17H24BrNO2. The summed E-state index contributed by atoms with van der Waals surface area (Å²) in [5, 5.41) is 0.952. The Morgan fingerprint density at radius 3 is 2.76 bits per heavy atom. The second kappa shape index (κ2) is 6.82. The number of amides is 1. The van der Waals surface area contributed by atoms with Crippen molar-refractivity contribution in [2.45, 2.75) is 51.7 Å². The fourth-order valence-corrected chi connectivity index (χ4v) is 3.10. The molecule has 21 heavy (non-hydrogen) atoms. The minimum absolute atomic E-state index is 0.127. The van der Waals surface area contributed by atoms with Gasteiger partial charge in [0.15, 0.2) is 0 Å². The van der Waals surface area contributed by atoms with Crippen LogP contribution < -0.4 is 0 Å². The van der Waals surface area contributed by atoms with Gasteiger partial charge in [0.1, 0.15) is 5.60 Å². The molecule has 116 valence electrons. The molecule has 1 atom stereocenters. The number of hydrogen-bond acceptors (Lipinski definition) is 2. The predicted octanol–water partition coefficient (Wildman–Crippen LogP) is 4.70. The first kappa shape index (κ1) is 16.3. The van der Waals surface area contributed by atoms with Crippen molar-refractivity contribution in [2.75, 3.05) is 11.9 Å². The summed E-state index contributed by atoms with van der Waals surface area (Å²) < 4.78 is 5.58. The highest BCUT2D eigenvalue weighted by atomic mass is 79.9. The zero-order valence-corrected chi connectivity index (χ0v) is 14.6. The molecule has 1 aromatic carbocycles. The zero-order chi connectivity index (χ0) is 15.5. The van der Waals surface area contributed by atoms with Gasteiger partial charge in [0.2, 0.25) is 0 Å². The third kappa shape index (κ3) is 4.22. The Kier molecular flexibility index (Phi) is 5.31. The first-order valence-corrected chi connectivity index (χ1v) is 8.68. The van der Waals surface area contributed by atoms with Crippen LogP contribution in [0.5, 0.6) is 0 Å². The van der Waals surface area contributed by atoms with Crippen molar-refractivity contribution in [2.24, 2.45) is 0 Å². The predicted molar refractivity (Wildman–Crippen MR) is 88.9 cm³/mol. The van der Waals surface area contributed by atoms with Crippen LogP contribution in [0.1, 0.15) is 50.8 Å². The van der Waals surface area contributed by atoms with Gasteiger partial charge in [-0.15, -0.1) is 0 Å². The van der Waals surface area contributed by atoms with Crippen LogP contribution in [-0.4, -0.2) is 28.5 Å². The quantitative estimate of drug-likeness (QED) is 0.737. The highest BCUT2D eigenvalue weighted by molar-refractivity contribution is 9.09. The summed E-state index contributed by atoms with van der Waals surface area (Å²) in [6.45, 7) is 6.47. The van der Waals surface area contributed by atoms with E-state index in [1.807, 2.05) is 25.7 Å². The molecule has 3 nitrogen and oxygen atoms in total. The van der Waals surface area contributed by atoms with Crippen molar-refractivity contribution in [1.29, 1.82) is 0 Å². The standard InChI is InChI=1S/C17H24BrNO2/c1-17(2,3)21-16(20)19-12-10-13-7-4-5-8-14(13)15(19)9-6-11-18/h4-5,7-8,15H,6,9-12H2,1-3H3. The minimum Gasteiger partial charge on any atom is -0.444 e. The number of nitrogens with zero attached hydrogens (tertiary/aromatic N) is 1. The number of hydrogen-bond donors (Lipinski definition) is 0. The number of alkyl halides is 1. The van der Waals surface area contributed by atoms with Gasteiger partial charge >= 0.3 is 6.09 Å². The molecule has 2 rings (SSSR count). The highest BCUT2D eigenvalue weighted by Crippen LogP contribution is 2.34. The van der Waals surface area contributed by atoms with Gasteiger partial charge in [-0.25, -0.2) is 4.79 Å². The molecule has 0 radical (unpaired) electrons. The number of benzene rings is 1. The largest absolute Gasteiger partial charge is 0.444 e. The molecule has 0 N–H and O–H groups in total. The molecule has 1 aliphatic heterocycles. The summed E-state index contributed by atoms with van der Waals surface area (Å²) in [4.78, 5) is 14.4. The lowest BCUT2D eigenvalue weighted by atomic mass is 9.90. The van der Waals surface area contributed by atoms with Crippen molar-refractivity contribution in [3.8, 4) is 0 Å². The van der Waals surface area contributed by atoms with E-state index in [-0.39, 0.29) is 12.1 Å². The lowest BCUT2D eigenvalue weighted by Crippen LogP contribution is -2.43. The van der Waals surface area contributed by atoms with Gasteiger partial charge in [-0.05, 0) is 51.2 Å².